The van der Waals surface area contributed by atoms with Crippen LogP contribution in [0.15, 0.2) is 12.3 Å². The number of hydrogen-bond acceptors (Lipinski definition) is 3. The Kier molecular flexibility index (Phi) is 5.24. The van der Waals surface area contributed by atoms with Gasteiger partial charge in [-0.1, -0.05) is 11.6 Å². The van der Waals surface area contributed by atoms with Crippen LogP contribution in [0, 0.1) is 5.92 Å². The number of aromatic nitrogens is 1. The summed E-state index contributed by atoms with van der Waals surface area (Å²) in [5.74, 6) is 0.425. The molecule has 2 N–H and O–H groups in total. The number of aromatic amines is 1. The summed E-state index contributed by atoms with van der Waals surface area (Å²) in [4.78, 5) is 17.0. The molecule has 0 spiro atoms. The van der Waals surface area contributed by atoms with Crippen molar-refractivity contribution < 1.29 is 9.53 Å². The minimum Gasteiger partial charge on any atom is -0.383 e. The van der Waals surface area contributed by atoms with Crippen LogP contribution in [-0.2, 0) is 4.74 Å². The highest BCUT2D eigenvalue weighted by atomic mass is 35.5. The predicted molar refractivity (Wildman–Crippen MR) is 74.6 cm³/mol. The van der Waals surface area contributed by atoms with Crippen molar-refractivity contribution in [1.82, 2.24) is 15.2 Å². The molecule has 0 bridgehead atoms. The molecule has 0 aromatic carbocycles. The fourth-order valence-corrected chi connectivity index (χ4v) is 2.50. The number of amides is 1. The second-order valence-electron chi connectivity index (χ2n) is 4.89. The summed E-state index contributed by atoms with van der Waals surface area (Å²) in [7, 11) is 1.72. The first kappa shape index (κ1) is 14.4. The summed E-state index contributed by atoms with van der Waals surface area (Å²) in [5, 5.41) is 3.50. The van der Waals surface area contributed by atoms with E-state index in [0.29, 0.717) is 23.2 Å². The molecule has 1 saturated heterocycles. The van der Waals surface area contributed by atoms with Gasteiger partial charge >= 0.3 is 0 Å². The quantitative estimate of drug-likeness (QED) is 0.830. The lowest BCUT2D eigenvalue weighted by Crippen LogP contribution is -2.31. The van der Waals surface area contributed by atoms with E-state index in [-0.39, 0.29) is 5.91 Å². The third-order valence-corrected chi connectivity index (χ3v) is 3.64. The van der Waals surface area contributed by atoms with Gasteiger partial charge in [0.15, 0.2) is 0 Å². The fraction of sp³-hybridized carbons (Fsp3) is 0.615. The van der Waals surface area contributed by atoms with Gasteiger partial charge < -0.3 is 19.9 Å². The van der Waals surface area contributed by atoms with Gasteiger partial charge in [0.05, 0.1) is 11.6 Å². The van der Waals surface area contributed by atoms with Gasteiger partial charge in [0.2, 0.25) is 0 Å². The molecular formula is C13H20ClN3O2. The highest BCUT2D eigenvalue weighted by Crippen LogP contribution is 2.15. The van der Waals surface area contributed by atoms with Crippen LogP contribution in [0.3, 0.4) is 0 Å². The smallest absolute Gasteiger partial charge is 0.267 e. The Hall–Kier alpha value is -1.04. The molecule has 1 aromatic heterocycles. The van der Waals surface area contributed by atoms with Gasteiger partial charge in [0.25, 0.3) is 5.91 Å². The van der Waals surface area contributed by atoms with Crippen LogP contribution >= 0.6 is 11.6 Å². The number of nitrogens with zero attached hydrogens (tertiary/aromatic N) is 1. The van der Waals surface area contributed by atoms with E-state index in [1.165, 1.54) is 0 Å². The third kappa shape index (κ3) is 4.23. The second kappa shape index (κ2) is 6.93. The van der Waals surface area contributed by atoms with Crippen LogP contribution in [0.5, 0.6) is 0 Å². The third-order valence-electron chi connectivity index (χ3n) is 3.43. The average molecular weight is 286 g/mol. The van der Waals surface area contributed by atoms with Gasteiger partial charge in [-0.3, -0.25) is 4.79 Å². The van der Waals surface area contributed by atoms with Gasteiger partial charge in [-0.15, -0.1) is 0 Å². The van der Waals surface area contributed by atoms with Gasteiger partial charge in [0.1, 0.15) is 5.69 Å². The molecule has 0 saturated carbocycles. The zero-order valence-electron chi connectivity index (χ0n) is 11.1. The highest BCUT2D eigenvalue weighted by Gasteiger charge is 2.22. The van der Waals surface area contributed by atoms with Crippen molar-refractivity contribution in [2.24, 2.45) is 5.92 Å². The summed E-state index contributed by atoms with van der Waals surface area (Å²) < 4.78 is 5.07. The Balaban J connectivity index is 1.70. The summed E-state index contributed by atoms with van der Waals surface area (Å²) in [6.07, 6.45) is 2.73. The van der Waals surface area contributed by atoms with E-state index >= 15 is 0 Å². The van der Waals surface area contributed by atoms with Crippen molar-refractivity contribution in [1.29, 1.82) is 0 Å². The summed E-state index contributed by atoms with van der Waals surface area (Å²) >= 11 is 5.77. The molecule has 1 amide bonds. The highest BCUT2D eigenvalue weighted by molar-refractivity contribution is 6.30. The van der Waals surface area contributed by atoms with Crippen molar-refractivity contribution in [3.05, 3.63) is 23.0 Å². The number of likely N-dealkylation sites (tertiary alicyclic amines) is 1. The zero-order valence-corrected chi connectivity index (χ0v) is 11.9. The molecule has 0 aliphatic carbocycles. The van der Waals surface area contributed by atoms with Crippen LogP contribution in [0.4, 0.5) is 0 Å². The van der Waals surface area contributed by atoms with E-state index in [2.05, 4.69) is 15.2 Å². The first-order valence-electron chi connectivity index (χ1n) is 6.52. The number of carbonyl (C=O) groups is 1. The molecule has 5 nitrogen and oxygen atoms in total. The summed E-state index contributed by atoms with van der Waals surface area (Å²) in [6, 6.07) is 1.64. The summed E-state index contributed by atoms with van der Waals surface area (Å²) in [5.41, 5.74) is 0.513. The minimum atomic E-state index is -0.0951. The lowest BCUT2D eigenvalue weighted by atomic mass is 10.1. The van der Waals surface area contributed by atoms with E-state index in [1.54, 1.807) is 19.4 Å². The number of methoxy groups -OCH3 is 1. The molecule has 1 atom stereocenters. The monoisotopic (exact) mass is 285 g/mol. The first-order chi connectivity index (χ1) is 9.19. The van der Waals surface area contributed by atoms with Crippen LogP contribution in [0.25, 0.3) is 0 Å². The van der Waals surface area contributed by atoms with Crippen LogP contribution in [-0.4, -0.2) is 55.7 Å². The molecule has 2 heterocycles. The van der Waals surface area contributed by atoms with Crippen LogP contribution < -0.4 is 5.32 Å². The standard InChI is InChI=1S/C13H20ClN3O2/c1-19-5-4-17-3-2-10(9-17)7-16-13(18)12-6-11(14)8-15-12/h6,8,10,15H,2-5,7,9H2,1H3,(H,16,18)/t10-/m0/s1. The maximum atomic E-state index is 11.8. The molecule has 1 aliphatic heterocycles. The Labute approximate surface area is 118 Å². The van der Waals surface area contributed by atoms with Gasteiger partial charge in [0, 0.05) is 32.9 Å². The number of H-pyrrole nitrogens is 1. The van der Waals surface area contributed by atoms with Gasteiger partial charge in [-0.05, 0) is 24.9 Å². The van der Waals surface area contributed by atoms with E-state index in [9.17, 15) is 4.79 Å². The number of carbonyl (C=O) groups excluding carboxylic acids is 1. The normalized spacial score (nSPS) is 19.8. The molecular weight excluding hydrogens is 266 g/mol. The molecule has 106 valence electrons. The number of ether oxygens (including phenoxy) is 1. The lowest BCUT2D eigenvalue weighted by molar-refractivity contribution is 0.0942. The van der Waals surface area contributed by atoms with Crippen molar-refractivity contribution in [3.8, 4) is 0 Å². The van der Waals surface area contributed by atoms with Crippen LogP contribution in [0.1, 0.15) is 16.9 Å². The number of rotatable bonds is 6. The largest absolute Gasteiger partial charge is 0.383 e. The van der Waals surface area contributed by atoms with E-state index in [0.717, 1.165) is 32.7 Å². The number of nitrogens with one attached hydrogen (secondary N) is 2. The Morgan fingerprint density at radius 2 is 2.53 bits per heavy atom. The minimum absolute atomic E-state index is 0.0951. The van der Waals surface area contributed by atoms with E-state index in [1.807, 2.05) is 0 Å². The Morgan fingerprint density at radius 1 is 1.68 bits per heavy atom. The SMILES string of the molecule is COCCN1CC[C@@H](CNC(=O)c2cc(Cl)c[nH]2)C1. The number of hydrogen-bond donors (Lipinski definition) is 2. The van der Waals surface area contributed by atoms with E-state index < -0.39 is 0 Å². The van der Waals surface area contributed by atoms with Gasteiger partial charge in [-0.2, -0.15) is 0 Å². The molecule has 6 heteroatoms. The average Bonchev–Trinajstić information content (AvgIpc) is 3.02. The predicted octanol–water partition coefficient (Wildman–Crippen LogP) is 1.37. The maximum absolute atomic E-state index is 11.8. The first-order valence-corrected chi connectivity index (χ1v) is 6.90. The van der Waals surface area contributed by atoms with E-state index in [4.69, 9.17) is 16.3 Å². The summed E-state index contributed by atoms with van der Waals surface area (Å²) in [6.45, 7) is 4.54. The Morgan fingerprint density at radius 3 is 3.21 bits per heavy atom. The van der Waals surface area contributed by atoms with Crippen molar-refractivity contribution in [3.63, 3.8) is 0 Å². The van der Waals surface area contributed by atoms with Crippen molar-refractivity contribution in [2.45, 2.75) is 6.42 Å². The van der Waals surface area contributed by atoms with Gasteiger partial charge in [-0.25, -0.2) is 0 Å². The molecule has 2 rings (SSSR count). The topological polar surface area (TPSA) is 57.4 Å². The fourth-order valence-electron chi connectivity index (χ4n) is 2.33. The van der Waals surface area contributed by atoms with Crippen molar-refractivity contribution in [2.75, 3.05) is 39.9 Å². The maximum Gasteiger partial charge on any atom is 0.267 e. The molecule has 19 heavy (non-hydrogen) atoms. The lowest BCUT2D eigenvalue weighted by Gasteiger charge is -2.15. The zero-order chi connectivity index (χ0) is 13.7. The molecule has 1 aromatic rings. The second-order valence-corrected chi connectivity index (χ2v) is 5.33. The molecule has 1 aliphatic rings. The molecule has 0 unspecified atom stereocenters. The number of halogens is 1. The van der Waals surface area contributed by atoms with Crippen molar-refractivity contribution >= 4 is 17.5 Å². The van der Waals surface area contributed by atoms with Crippen LogP contribution in [0.2, 0.25) is 5.02 Å². The molecule has 1 fully saturated rings. The Bertz CT molecular complexity index is 422. The molecule has 0 radical (unpaired) electrons.